The monoisotopic (exact) mass is 280 g/mol. The average molecular weight is 280 g/mol. The fraction of sp³-hybridized carbons (Fsp3) is 1.00. The van der Waals surface area contributed by atoms with Crippen LogP contribution < -0.4 is 0 Å². The van der Waals surface area contributed by atoms with E-state index in [1.807, 2.05) is 0 Å². The van der Waals surface area contributed by atoms with Gasteiger partial charge in [-0.25, -0.2) is 4.57 Å². The van der Waals surface area contributed by atoms with Crippen LogP contribution in [0.4, 0.5) is 0 Å². The van der Waals surface area contributed by atoms with Crippen molar-refractivity contribution in [2.75, 3.05) is 6.61 Å². The fourth-order valence-electron chi connectivity index (χ4n) is 3.30. The summed E-state index contributed by atoms with van der Waals surface area (Å²) in [6.07, 6.45) is 15.0. The van der Waals surface area contributed by atoms with E-state index in [1.165, 1.54) is 64.2 Å². The molecule has 0 aliphatic heterocycles. The van der Waals surface area contributed by atoms with Crippen LogP contribution in [0.3, 0.4) is 0 Å². The third-order valence-electron chi connectivity index (χ3n) is 4.36. The van der Waals surface area contributed by atoms with Crippen molar-refractivity contribution < 1.29 is 9.09 Å². The van der Waals surface area contributed by atoms with E-state index in [4.69, 9.17) is 4.52 Å². The van der Waals surface area contributed by atoms with Gasteiger partial charge in [0, 0.05) is 0 Å². The van der Waals surface area contributed by atoms with Gasteiger partial charge in [0.2, 0.25) is 0 Å². The zero-order valence-corrected chi connectivity index (χ0v) is 12.8. The third kappa shape index (κ3) is 9.25. The van der Waals surface area contributed by atoms with Crippen molar-refractivity contribution >= 4 is 27.5 Å². The summed E-state index contributed by atoms with van der Waals surface area (Å²) in [5, 5.41) is 0. The minimum atomic E-state index is -0.165. The molecule has 2 nitrogen and oxygen atoms in total. The SMILES string of the molecule is CCCCC(CCCCOP=O)C1CCCCC1.[LiH]. The van der Waals surface area contributed by atoms with Crippen LogP contribution in [0.25, 0.3) is 0 Å². The summed E-state index contributed by atoms with van der Waals surface area (Å²) in [5.74, 6) is 1.93. The molecule has 1 aliphatic carbocycles. The van der Waals surface area contributed by atoms with E-state index in [2.05, 4.69) is 6.92 Å². The molecule has 1 rings (SSSR count). The van der Waals surface area contributed by atoms with E-state index in [-0.39, 0.29) is 27.5 Å². The Bertz CT molecular complexity index is 208. The summed E-state index contributed by atoms with van der Waals surface area (Å²) in [4.78, 5) is 0. The second-order valence-electron chi connectivity index (χ2n) is 5.70. The van der Waals surface area contributed by atoms with Crippen molar-refractivity contribution in [3.63, 3.8) is 0 Å². The number of unbranched alkanes of at least 4 members (excludes halogenated alkanes) is 2. The molecule has 0 heterocycles. The molecule has 0 aromatic carbocycles. The quantitative estimate of drug-likeness (QED) is 0.315. The predicted octanol–water partition coefficient (Wildman–Crippen LogP) is 5.12. The normalized spacial score (nSPS) is 18.2. The van der Waals surface area contributed by atoms with Gasteiger partial charge in [-0.2, -0.15) is 0 Å². The van der Waals surface area contributed by atoms with Crippen molar-refractivity contribution in [3.8, 4) is 0 Å². The van der Waals surface area contributed by atoms with Gasteiger partial charge in [-0.3, -0.25) is 4.52 Å². The molecular weight excluding hydrogens is 250 g/mol. The molecule has 0 saturated heterocycles. The molecule has 0 amide bonds. The second-order valence-corrected chi connectivity index (χ2v) is 6.11. The summed E-state index contributed by atoms with van der Waals surface area (Å²) >= 11 is 0. The van der Waals surface area contributed by atoms with Gasteiger partial charge in [0.1, 0.15) is 0 Å². The van der Waals surface area contributed by atoms with Crippen LogP contribution >= 0.6 is 8.69 Å². The molecule has 0 radical (unpaired) electrons. The summed E-state index contributed by atoms with van der Waals surface area (Å²) in [7, 11) is -0.165. The van der Waals surface area contributed by atoms with Crippen molar-refractivity contribution in [2.45, 2.75) is 77.6 Å². The maximum atomic E-state index is 10.2. The Morgan fingerprint density at radius 2 is 1.79 bits per heavy atom. The summed E-state index contributed by atoms with van der Waals surface area (Å²) < 4.78 is 15.0. The van der Waals surface area contributed by atoms with Gasteiger partial charge in [0.25, 0.3) is 0 Å². The molecule has 108 valence electrons. The molecule has 4 heteroatoms. The minimum absolute atomic E-state index is 0. The Morgan fingerprint density at radius 1 is 1.11 bits per heavy atom. The van der Waals surface area contributed by atoms with Crippen LogP contribution in [-0.4, -0.2) is 25.5 Å². The molecule has 0 spiro atoms. The fourth-order valence-corrected chi connectivity index (χ4v) is 3.50. The molecule has 1 fully saturated rings. The summed E-state index contributed by atoms with van der Waals surface area (Å²) in [6, 6.07) is 0. The van der Waals surface area contributed by atoms with Crippen molar-refractivity contribution in [3.05, 3.63) is 0 Å². The predicted molar refractivity (Wildman–Crippen MR) is 84.1 cm³/mol. The van der Waals surface area contributed by atoms with E-state index in [0.717, 1.165) is 18.3 Å². The molecule has 0 bridgehead atoms. The zero-order chi connectivity index (χ0) is 13.1. The Balaban J connectivity index is 0.00000324. The topological polar surface area (TPSA) is 26.3 Å². The van der Waals surface area contributed by atoms with Gasteiger partial charge >= 0.3 is 27.5 Å². The van der Waals surface area contributed by atoms with Crippen molar-refractivity contribution in [1.29, 1.82) is 0 Å². The average Bonchev–Trinajstić information content (AvgIpc) is 2.43. The van der Waals surface area contributed by atoms with E-state index in [0.29, 0.717) is 6.61 Å². The molecule has 1 atom stereocenters. The van der Waals surface area contributed by atoms with Crippen LogP contribution in [0.15, 0.2) is 0 Å². The van der Waals surface area contributed by atoms with E-state index >= 15 is 0 Å². The Labute approximate surface area is 132 Å². The standard InChI is InChI=1S/C15H29O2P.Li.H/c1-2-3-9-14(12-7-8-13-17-18-16)15-10-5-4-6-11-15;;/h14-15H,2-13H2,1H3;;. The Kier molecular flexibility index (Phi) is 14.1. The van der Waals surface area contributed by atoms with Gasteiger partial charge in [-0.1, -0.05) is 71.1 Å². The molecule has 1 unspecified atom stereocenters. The maximum absolute atomic E-state index is 10.2. The van der Waals surface area contributed by atoms with Crippen LogP contribution in [0, 0.1) is 11.8 Å². The van der Waals surface area contributed by atoms with Gasteiger partial charge in [-0.05, 0) is 18.3 Å². The van der Waals surface area contributed by atoms with Crippen LogP contribution in [0.5, 0.6) is 0 Å². The molecule has 1 saturated carbocycles. The van der Waals surface area contributed by atoms with E-state index in [9.17, 15) is 4.57 Å². The molecule has 0 aromatic heterocycles. The van der Waals surface area contributed by atoms with Gasteiger partial charge in [0.15, 0.2) is 0 Å². The van der Waals surface area contributed by atoms with Gasteiger partial charge in [-0.15, -0.1) is 0 Å². The first kappa shape index (κ1) is 19.7. The Hall–Kier alpha value is 0.657. The molecule has 1 aliphatic rings. The zero-order valence-electron chi connectivity index (χ0n) is 11.9. The van der Waals surface area contributed by atoms with Crippen LogP contribution in [-0.2, 0) is 9.09 Å². The first-order valence-electron chi connectivity index (χ1n) is 7.83. The van der Waals surface area contributed by atoms with Crippen molar-refractivity contribution in [1.82, 2.24) is 0 Å². The molecule has 0 N–H and O–H groups in total. The van der Waals surface area contributed by atoms with Crippen LogP contribution in [0.2, 0.25) is 0 Å². The van der Waals surface area contributed by atoms with Crippen molar-refractivity contribution in [2.24, 2.45) is 11.8 Å². The molecular formula is C15H30LiO2P. The Morgan fingerprint density at radius 3 is 2.42 bits per heavy atom. The van der Waals surface area contributed by atoms with Gasteiger partial charge < -0.3 is 0 Å². The third-order valence-corrected chi connectivity index (χ3v) is 4.65. The van der Waals surface area contributed by atoms with E-state index in [1.54, 1.807) is 0 Å². The van der Waals surface area contributed by atoms with Crippen LogP contribution in [0.1, 0.15) is 77.6 Å². The summed E-state index contributed by atoms with van der Waals surface area (Å²) in [6.45, 7) is 2.94. The number of rotatable bonds is 10. The van der Waals surface area contributed by atoms with E-state index < -0.39 is 0 Å². The van der Waals surface area contributed by atoms with Gasteiger partial charge in [0.05, 0.1) is 6.61 Å². The first-order chi connectivity index (χ1) is 8.88. The summed E-state index contributed by atoms with van der Waals surface area (Å²) in [5.41, 5.74) is 0. The molecule has 0 aromatic rings. The first-order valence-corrected chi connectivity index (χ1v) is 8.56. The second kappa shape index (κ2) is 13.6. The number of hydrogen-bond acceptors (Lipinski definition) is 2. The number of hydrogen-bond donors (Lipinski definition) is 0. The molecule has 19 heavy (non-hydrogen) atoms.